The SMILES string of the molecule is Cc1cccc(Cl)c1NC(C)c1c(C)nn(C)c1C. The molecule has 0 aliphatic rings. The number of halogens is 1. The first kappa shape index (κ1) is 13.9. The molecule has 2 rings (SSSR count). The van der Waals surface area contributed by atoms with Crippen molar-refractivity contribution in [3.63, 3.8) is 0 Å². The Kier molecular flexibility index (Phi) is 3.85. The summed E-state index contributed by atoms with van der Waals surface area (Å²) in [6, 6.07) is 6.11. The first-order valence-corrected chi connectivity index (χ1v) is 6.81. The summed E-state index contributed by atoms with van der Waals surface area (Å²) in [7, 11) is 1.97. The molecule has 1 heterocycles. The molecule has 102 valence electrons. The van der Waals surface area contributed by atoms with Gasteiger partial charge in [-0.05, 0) is 39.3 Å². The molecule has 1 N–H and O–H groups in total. The summed E-state index contributed by atoms with van der Waals surface area (Å²) >= 11 is 6.26. The molecule has 4 heteroatoms. The van der Waals surface area contributed by atoms with Crippen LogP contribution in [0.25, 0.3) is 0 Å². The Bertz CT molecular complexity index is 581. The molecule has 3 nitrogen and oxygen atoms in total. The van der Waals surface area contributed by atoms with Crippen LogP contribution in [-0.4, -0.2) is 9.78 Å². The van der Waals surface area contributed by atoms with Crippen molar-refractivity contribution in [2.24, 2.45) is 7.05 Å². The third-order valence-electron chi connectivity index (χ3n) is 3.58. The van der Waals surface area contributed by atoms with Gasteiger partial charge in [0, 0.05) is 18.3 Å². The zero-order valence-electron chi connectivity index (χ0n) is 12.1. The van der Waals surface area contributed by atoms with Gasteiger partial charge in [0.05, 0.1) is 22.4 Å². The Morgan fingerprint density at radius 2 is 1.95 bits per heavy atom. The van der Waals surface area contributed by atoms with Crippen LogP contribution in [0.5, 0.6) is 0 Å². The highest BCUT2D eigenvalue weighted by Gasteiger charge is 2.17. The van der Waals surface area contributed by atoms with Gasteiger partial charge in [0.25, 0.3) is 0 Å². The van der Waals surface area contributed by atoms with Gasteiger partial charge in [0.2, 0.25) is 0 Å². The molecule has 0 saturated carbocycles. The molecule has 1 aromatic heterocycles. The number of rotatable bonds is 3. The predicted molar refractivity (Wildman–Crippen MR) is 80.9 cm³/mol. The van der Waals surface area contributed by atoms with Crippen LogP contribution in [0.2, 0.25) is 5.02 Å². The lowest BCUT2D eigenvalue weighted by molar-refractivity contribution is 0.728. The Morgan fingerprint density at radius 3 is 2.47 bits per heavy atom. The van der Waals surface area contributed by atoms with E-state index in [0.717, 1.165) is 22.0 Å². The minimum Gasteiger partial charge on any atom is -0.377 e. The molecule has 0 spiro atoms. The molecule has 1 unspecified atom stereocenters. The van der Waals surface area contributed by atoms with Crippen LogP contribution in [0.3, 0.4) is 0 Å². The lowest BCUT2D eigenvalue weighted by atomic mass is 10.1. The van der Waals surface area contributed by atoms with Gasteiger partial charge in [0.1, 0.15) is 0 Å². The fraction of sp³-hybridized carbons (Fsp3) is 0.400. The van der Waals surface area contributed by atoms with Gasteiger partial charge in [-0.2, -0.15) is 5.10 Å². The Balaban J connectivity index is 2.33. The lowest BCUT2D eigenvalue weighted by Gasteiger charge is -2.19. The van der Waals surface area contributed by atoms with Gasteiger partial charge in [-0.25, -0.2) is 0 Å². The summed E-state index contributed by atoms with van der Waals surface area (Å²) in [5.74, 6) is 0. The summed E-state index contributed by atoms with van der Waals surface area (Å²) < 4.78 is 1.92. The average Bonchev–Trinajstić information content (AvgIpc) is 2.58. The second-order valence-electron chi connectivity index (χ2n) is 5.01. The van der Waals surface area contributed by atoms with Gasteiger partial charge < -0.3 is 5.32 Å². The number of nitrogens with zero attached hydrogens (tertiary/aromatic N) is 2. The van der Waals surface area contributed by atoms with Crippen LogP contribution >= 0.6 is 11.6 Å². The van der Waals surface area contributed by atoms with E-state index in [9.17, 15) is 0 Å². The van der Waals surface area contributed by atoms with E-state index in [-0.39, 0.29) is 6.04 Å². The highest BCUT2D eigenvalue weighted by molar-refractivity contribution is 6.33. The van der Waals surface area contributed by atoms with Gasteiger partial charge in [-0.1, -0.05) is 23.7 Å². The van der Waals surface area contributed by atoms with Gasteiger partial charge in [-0.15, -0.1) is 0 Å². The molecular formula is C15H20ClN3. The fourth-order valence-electron chi connectivity index (χ4n) is 2.52. The van der Waals surface area contributed by atoms with Crippen LogP contribution < -0.4 is 5.32 Å². The number of hydrogen-bond donors (Lipinski definition) is 1. The molecule has 1 atom stereocenters. The zero-order valence-corrected chi connectivity index (χ0v) is 12.8. The fourth-order valence-corrected chi connectivity index (χ4v) is 2.80. The first-order chi connectivity index (χ1) is 8.91. The summed E-state index contributed by atoms with van der Waals surface area (Å²) in [5, 5.41) is 8.72. The van der Waals surface area contributed by atoms with Crippen LogP contribution in [0.1, 0.15) is 35.5 Å². The average molecular weight is 278 g/mol. The highest BCUT2D eigenvalue weighted by atomic mass is 35.5. The summed E-state index contributed by atoms with van der Waals surface area (Å²) in [4.78, 5) is 0. The maximum Gasteiger partial charge on any atom is 0.0649 e. The molecule has 0 saturated heterocycles. The second kappa shape index (κ2) is 5.25. The Morgan fingerprint density at radius 1 is 1.26 bits per heavy atom. The third-order valence-corrected chi connectivity index (χ3v) is 3.90. The van der Waals surface area contributed by atoms with E-state index < -0.39 is 0 Å². The molecule has 0 radical (unpaired) electrons. The highest BCUT2D eigenvalue weighted by Crippen LogP contribution is 2.31. The topological polar surface area (TPSA) is 29.9 Å². The number of para-hydroxylation sites is 1. The number of anilines is 1. The quantitative estimate of drug-likeness (QED) is 0.912. The number of hydrogen-bond acceptors (Lipinski definition) is 2. The maximum absolute atomic E-state index is 6.26. The number of aryl methyl sites for hydroxylation is 3. The van der Waals surface area contributed by atoms with Crippen molar-refractivity contribution in [1.29, 1.82) is 0 Å². The standard InChI is InChI=1S/C15H20ClN3/c1-9-7-6-8-13(16)15(9)17-10(2)14-11(3)18-19(5)12(14)4/h6-8,10,17H,1-5H3. The molecule has 0 amide bonds. The Hall–Kier alpha value is -1.48. The number of benzene rings is 1. The minimum atomic E-state index is 0.173. The van der Waals surface area contributed by atoms with Crippen LogP contribution in [0, 0.1) is 20.8 Å². The molecule has 0 fully saturated rings. The van der Waals surface area contributed by atoms with Crippen molar-refractivity contribution in [3.05, 3.63) is 45.7 Å². The number of aromatic nitrogens is 2. The smallest absolute Gasteiger partial charge is 0.0649 e. The molecule has 2 aromatic rings. The minimum absolute atomic E-state index is 0.173. The van der Waals surface area contributed by atoms with Gasteiger partial charge in [-0.3, -0.25) is 4.68 Å². The van der Waals surface area contributed by atoms with E-state index in [1.807, 2.05) is 30.8 Å². The second-order valence-corrected chi connectivity index (χ2v) is 5.41. The largest absolute Gasteiger partial charge is 0.377 e. The van der Waals surface area contributed by atoms with Crippen molar-refractivity contribution in [2.75, 3.05) is 5.32 Å². The number of nitrogens with one attached hydrogen (secondary N) is 1. The van der Waals surface area contributed by atoms with Crippen molar-refractivity contribution in [1.82, 2.24) is 9.78 Å². The predicted octanol–water partition coefficient (Wildman–Crippen LogP) is 4.17. The van der Waals surface area contributed by atoms with Crippen LogP contribution in [0.4, 0.5) is 5.69 Å². The molecule has 0 aliphatic carbocycles. The monoisotopic (exact) mass is 277 g/mol. The van der Waals surface area contributed by atoms with E-state index in [2.05, 4.69) is 37.3 Å². The van der Waals surface area contributed by atoms with Crippen LogP contribution in [0.15, 0.2) is 18.2 Å². The molecule has 0 bridgehead atoms. The molecule has 1 aromatic carbocycles. The van der Waals surface area contributed by atoms with E-state index in [1.54, 1.807) is 0 Å². The van der Waals surface area contributed by atoms with E-state index in [0.29, 0.717) is 0 Å². The van der Waals surface area contributed by atoms with Gasteiger partial charge >= 0.3 is 0 Å². The van der Waals surface area contributed by atoms with Crippen molar-refractivity contribution in [3.8, 4) is 0 Å². The third kappa shape index (κ3) is 2.61. The van der Waals surface area contributed by atoms with Crippen LogP contribution in [-0.2, 0) is 7.05 Å². The van der Waals surface area contributed by atoms with E-state index in [4.69, 9.17) is 11.6 Å². The Labute approximate surface area is 119 Å². The van der Waals surface area contributed by atoms with Crippen molar-refractivity contribution >= 4 is 17.3 Å². The summed E-state index contributed by atoms with van der Waals surface area (Å²) in [6.45, 7) is 8.33. The molecule has 0 aliphatic heterocycles. The summed E-state index contributed by atoms with van der Waals surface area (Å²) in [6.07, 6.45) is 0. The van der Waals surface area contributed by atoms with Crippen molar-refractivity contribution in [2.45, 2.75) is 33.7 Å². The van der Waals surface area contributed by atoms with Gasteiger partial charge in [0.15, 0.2) is 0 Å². The van der Waals surface area contributed by atoms with E-state index >= 15 is 0 Å². The maximum atomic E-state index is 6.26. The molecular weight excluding hydrogens is 258 g/mol. The lowest BCUT2D eigenvalue weighted by Crippen LogP contribution is -2.10. The normalized spacial score (nSPS) is 12.5. The van der Waals surface area contributed by atoms with Crippen molar-refractivity contribution < 1.29 is 0 Å². The first-order valence-electron chi connectivity index (χ1n) is 6.43. The van der Waals surface area contributed by atoms with E-state index in [1.165, 1.54) is 11.3 Å². The molecule has 19 heavy (non-hydrogen) atoms. The summed E-state index contributed by atoms with van der Waals surface area (Å²) in [5.41, 5.74) is 5.63. The zero-order chi connectivity index (χ0) is 14.2.